The summed E-state index contributed by atoms with van der Waals surface area (Å²) in [6, 6.07) is 1.17. The van der Waals surface area contributed by atoms with Gasteiger partial charge >= 0.3 is 18.8 Å². The van der Waals surface area contributed by atoms with Crippen LogP contribution in [0.1, 0.15) is 48.6 Å². The number of hydrogen-bond donors (Lipinski definition) is 0. The van der Waals surface area contributed by atoms with Gasteiger partial charge in [0.2, 0.25) is 0 Å². The van der Waals surface area contributed by atoms with Gasteiger partial charge in [-0.2, -0.15) is 22.0 Å². The Labute approximate surface area is 174 Å². The average Bonchev–Trinajstić information content (AvgIpc) is 2.97. The Hall–Kier alpha value is -2.43. The number of halogens is 6. The van der Waals surface area contributed by atoms with Crippen molar-refractivity contribution < 1.29 is 36.2 Å². The molecule has 0 saturated carbocycles. The maximum Gasteiger partial charge on any atom is 0.389 e. The van der Waals surface area contributed by atoms with Gasteiger partial charge in [-0.15, -0.1) is 0 Å². The zero-order valence-corrected chi connectivity index (χ0v) is 16.9. The molecule has 0 aromatic carbocycles. The minimum atomic E-state index is -4.32. The Morgan fingerprint density at radius 2 is 2.00 bits per heavy atom. The van der Waals surface area contributed by atoms with E-state index in [2.05, 4.69) is 14.7 Å². The van der Waals surface area contributed by atoms with Crippen molar-refractivity contribution in [1.82, 2.24) is 14.5 Å². The molecule has 2 aromatic heterocycles. The molecule has 2 heterocycles. The summed E-state index contributed by atoms with van der Waals surface area (Å²) in [5.41, 5.74) is 0.0629. The topological polar surface area (TPSA) is 66.2 Å². The van der Waals surface area contributed by atoms with Crippen molar-refractivity contribution in [1.29, 1.82) is 0 Å². The summed E-state index contributed by atoms with van der Waals surface area (Å²) < 4.78 is 73.5. The van der Waals surface area contributed by atoms with Crippen LogP contribution in [0.3, 0.4) is 0 Å². The number of pyridine rings is 1. The highest BCUT2D eigenvalue weighted by atomic mass is 35.5. The van der Waals surface area contributed by atoms with Crippen molar-refractivity contribution in [2.24, 2.45) is 0 Å². The number of ether oxygens (including phenoxy) is 2. The number of aryl methyl sites for hydroxylation is 2. The minimum absolute atomic E-state index is 0.0429. The number of rotatable bonds is 9. The molecule has 2 aromatic rings. The summed E-state index contributed by atoms with van der Waals surface area (Å²) in [5, 5.41) is -0.207. The second kappa shape index (κ2) is 10.1. The van der Waals surface area contributed by atoms with Crippen molar-refractivity contribution in [2.45, 2.75) is 52.3 Å². The van der Waals surface area contributed by atoms with Gasteiger partial charge in [0.15, 0.2) is 17.3 Å². The van der Waals surface area contributed by atoms with Crippen LogP contribution in [-0.2, 0) is 17.6 Å². The van der Waals surface area contributed by atoms with Gasteiger partial charge in [0.25, 0.3) is 0 Å². The van der Waals surface area contributed by atoms with E-state index in [0.717, 1.165) is 0 Å². The van der Waals surface area contributed by atoms with Crippen LogP contribution >= 0.6 is 11.6 Å². The van der Waals surface area contributed by atoms with Crippen LogP contribution in [0.2, 0.25) is 5.15 Å². The van der Waals surface area contributed by atoms with E-state index < -0.39 is 30.9 Å². The van der Waals surface area contributed by atoms with Gasteiger partial charge in [0, 0.05) is 19.0 Å². The van der Waals surface area contributed by atoms with Crippen molar-refractivity contribution >= 4 is 17.6 Å². The van der Waals surface area contributed by atoms with Gasteiger partial charge in [0.05, 0.1) is 6.61 Å². The quantitative estimate of drug-likeness (QED) is 0.386. The minimum Gasteiger partial charge on any atom is -0.461 e. The number of aromatic nitrogens is 3. The van der Waals surface area contributed by atoms with E-state index in [9.17, 15) is 26.7 Å². The lowest BCUT2D eigenvalue weighted by Crippen LogP contribution is -2.11. The number of carbonyl (C=O) groups is 1. The first-order valence-electron chi connectivity index (χ1n) is 9.02. The van der Waals surface area contributed by atoms with Crippen LogP contribution in [0, 0.1) is 0 Å². The molecule has 0 unspecified atom stereocenters. The van der Waals surface area contributed by atoms with Crippen molar-refractivity contribution in [3.63, 3.8) is 0 Å². The fraction of sp³-hybridized carbons (Fsp3) is 0.500. The lowest BCUT2D eigenvalue weighted by Gasteiger charge is -2.14. The third kappa shape index (κ3) is 6.04. The highest BCUT2D eigenvalue weighted by Crippen LogP contribution is 2.31. The van der Waals surface area contributed by atoms with E-state index in [1.807, 2.05) is 0 Å². The van der Waals surface area contributed by atoms with Crippen LogP contribution in [0.15, 0.2) is 12.3 Å². The Morgan fingerprint density at radius 3 is 2.57 bits per heavy atom. The van der Waals surface area contributed by atoms with E-state index >= 15 is 0 Å². The van der Waals surface area contributed by atoms with E-state index in [0.29, 0.717) is 0 Å². The number of imidazole rings is 1. The van der Waals surface area contributed by atoms with E-state index in [4.69, 9.17) is 16.3 Å². The molecular formula is C18H19ClF5N3O3. The van der Waals surface area contributed by atoms with Gasteiger partial charge in [-0.1, -0.05) is 18.5 Å². The third-order valence-electron chi connectivity index (χ3n) is 3.92. The van der Waals surface area contributed by atoms with Gasteiger partial charge < -0.3 is 9.47 Å². The second-order valence-electron chi connectivity index (χ2n) is 6.09. The molecule has 0 atom stereocenters. The SMILES string of the molecule is CCOC(=O)c1nc(CC)n(-c2ncc(CCCC(F)(F)F)cc2OC(F)F)c1Cl. The molecule has 0 aliphatic carbocycles. The Bertz CT molecular complexity index is 887. The first kappa shape index (κ1) is 23.8. The van der Waals surface area contributed by atoms with E-state index in [1.165, 1.54) is 16.8 Å². The van der Waals surface area contributed by atoms with Crippen molar-refractivity contribution in [2.75, 3.05) is 6.61 Å². The predicted molar refractivity (Wildman–Crippen MR) is 97.3 cm³/mol. The van der Waals surface area contributed by atoms with Crippen molar-refractivity contribution in [3.05, 3.63) is 34.5 Å². The highest BCUT2D eigenvalue weighted by molar-refractivity contribution is 6.32. The highest BCUT2D eigenvalue weighted by Gasteiger charge is 2.27. The zero-order valence-electron chi connectivity index (χ0n) is 16.1. The summed E-state index contributed by atoms with van der Waals surface area (Å²) in [4.78, 5) is 20.2. The van der Waals surface area contributed by atoms with Crippen LogP contribution in [0.4, 0.5) is 22.0 Å². The average molecular weight is 456 g/mol. The summed E-state index contributed by atoms with van der Waals surface area (Å²) >= 11 is 6.25. The molecule has 0 radical (unpaired) electrons. The first-order chi connectivity index (χ1) is 14.1. The largest absolute Gasteiger partial charge is 0.461 e. The fourth-order valence-electron chi connectivity index (χ4n) is 2.68. The molecule has 0 amide bonds. The molecule has 30 heavy (non-hydrogen) atoms. The van der Waals surface area contributed by atoms with E-state index in [-0.39, 0.29) is 53.9 Å². The van der Waals surface area contributed by atoms with Crippen LogP contribution in [0.25, 0.3) is 5.82 Å². The van der Waals surface area contributed by atoms with Crippen LogP contribution in [0.5, 0.6) is 5.75 Å². The summed E-state index contributed by atoms with van der Waals surface area (Å²) in [6.45, 7) is 0.155. The normalized spacial score (nSPS) is 11.8. The molecule has 0 bridgehead atoms. The number of alkyl halides is 5. The van der Waals surface area contributed by atoms with Gasteiger partial charge in [-0.3, -0.25) is 4.57 Å². The zero-order chi connectivity index (χ0) is 22.5. The maximum absolute atomic E-state index is 12.9. The van der Waals surface area contributed by atoms with Crippen molar-refractivity contribution in [3.8, 4) is 11.6 Å². The Kier molecular flexibility index (Phi) is 7.99. The van der Waals surface area contributed by atoms with E-state index in [1.54, 1.807) is 13.8 Å². The van der Waals surface area contributed by atoms with Gasteiger partial charge in [-0.05, 0) is 31.4 Å². The molecule has 0 fully saturated rings. The second-order valence-corrected chi connectivity index (χ2v) is 6.45. The summed E-state index contributed by atoms with van der Waals surface area (Å²) in [6.07, 6.45) is -4.11. The molecule has 0 aliphatic rings. The molecule has 0 N–H and O–H groups in total. The number of nitrogens with zero attached hydrogens (tertiary/aromatic N) is 3. The first-order valence-corrected chi connectivity index (χ1v) is 9.40. The van der Waals surface area contributed by atoms with Gasteiger partial charge in [-0.25, -0.2) is 14.8 Å². The van der Waals surface area contributed by atoms with Crippen LogP contribution in [-0.4, -0.2) is 39.9 Å². The number of hydrogen-bond acceptors (Lipinski definition) is 5. The molecule has 12 heteroatoms. The molecule has 0 aliphatic heterocycles. The molecule has 166 valence electrons. The predicted octanol–water partition coefficient (Wildman–Crippen LogP) is 5.15. The Morgan fingerprint density at radius 1 is 1.30 bits per heavy atom. The smallest absolute Gasteiger partial charge is 0.389 e. The lowest BCUT2D eigenvalue weighted by atomic mass is 10.1. The molecular weight excluding hydrogens is 437 g/mol. The maximum atomic E-state index is 12.9. The number of esters is 1. The summed E-state index contributed by atoms with van der Waals surface area (Å²) in [5.74, 6) is -1.13. The van der Waals surface area contributed by atoms with Gasteiger partial charge in [0.1, 0.15) is 11.0 Å². The Balaban J connectivity index is 2.46. The summed E-state index contributed by atoms with van der Waals surface area (Å²) in [7, 11) is 0. The number of carbonyl (C=O) groups excluding carboxylic acids is 1. The molecule has 0 saturated heterocycles. The fourth-order valence-corrected chi connectivity index (χ4v) is 2.98. The molecule has 2 rings (SSSR count). The monoisotopic (exact) mass is 455 g/mol. The molecule has 6 nitrogen and oxygen atoms in total. The lowest BCUT2D eigenvalue weighted by molar-refractivity contribution is -0.135. The standard InChI is InChI=1S/C18H19ClF5N3O3/c1-3-12-26-13(16(28)29-4-2)14(19)27(12)15-11(30-17(20)21)8-10(9-25-15)6-5-7-18(22,23)24/h8-9,17H,3-7H2,1-2H3. The third-order valence-corrected chi connectivity index (χ3v) is 4.27. The van der Waals surface area contributed by atoms with Crippen LogP contribution < -0.4 is 4.74 Å². The molecule has 0 spiro atoms.